The van der Waals surface area contributed by atoms with Crippen molar-refractivity contribution in [3.8, 4) is 0 Å². The first-order valence-electron chi connectivity index (χ1n) is 4.61. The molecular weight excluding hydrogens is 206 g/mol. The summed E-state index contributed by atoms with van der Waals surface area (Å²) in [5.41, 5.74) is 0. The number of amides is 1. The molecule has 0 bridgehead atoms. The lowest BCUT2D eigenvalue weighted by atomic mass is 10.4. The van der Waals surface area contributed by atoms with Crippen LogP contribution >= 0.6 is 0 Å². The van der Waals surface area contributed by atoms with Crippen LogP contribution < -0.4 is 0 Å². The van der Waals surface area contributed by atoms with E-state index in [1.807, 2.05) is 6.92 Å². The molecule has 1 rings (SSSR count). The average Bonchev–Trinajstić information content (AvgIpc) is 2.14. The van der Waals surface area contributed by atoms with Crippen molar-refractivity contribution in [3.05, 3.63) is 0 Å². The second-order valence-corrected chi connectivity index (χ2v) is 5.47. The van der Waals surface area contributed by atoms with Crippen LogP contribution in [0.3, 0.4) is 0 Å². The van der Waals surface area contributed by atoms with E-state index in [-0.39, 0.29) is 24.0 Å². The van der Waals surface area contributed by atoms with Gasteiger partial charge in [-0.1, -0.05) is 0 Å². The van der Waals surface area contributed by atoms with Crippen LogP contribution in [0.5, 0.6) is 0 Å². The van der Waals surface area contributed by atoms with Crippen molar-refractivity contribution in [2.24, 2.45) is 0 Å². The Labute approximate surface area is 83.9 Å². The van der Waals surface area contributed by atoms with E-state index in [0.717, 1.165) is 0 Å². The third kappa shape index (κ3) is 3.26. The van der Waals surface area contributed by atoms with Gasteiger partial charge in [0, 0.05) is 19.7 Å². The number of hydrogen-bond acceptors (Lipinski definition) is 4. The van der Waals surface area contributed by atoms with Gasteiger partial charge in [-0.3, -0.25) is 4.79 Å². The summed E-state index contributed by atoms with van der Waals surface area (Å²) >= 11 is 0. The number of hydrogen-bond donors (Lipinski definition) is 0. The normalized spacial score (nSPS) is 20.8. The smallest absolute Gasteiger partial charge is 0.248 e. The van der Waals surface area contributed by atoms with Gasteiger partial charge >= 0.3 is 0 Å². The largest absolute Gasteiger partial charge is 0.372 e. The van der Waals surface area contributed by atoms with E-state index in [1.165, 1.54) is 4.90 Å². The Bertz CT molecular complexity index is 284. The summed E-state index contributed by atoms with van der Waals surface area (Å²) in [5.74, 6) is 0.0252. The third-order valence-corrected chi connectivity index (χ3v) is 3.74. The zero-order valence-corrected chi connectivity index (χ0v) is 9.05. The van der Waals surface area contributed by atoms with Crippen molar-refractivity contribution >= 4 is 15.7 Å². The highest BCUT2D eigenvalue weighted by molar-refractivity contribution is 7.91. The Morgan fingerprint density at radius 1 is 1.36 bits per heavy atom. The van der Waals surface area contributed by atoms with Gasteiger partial charge in [0.1, 0.15) is 6.61 Å². The van der Waals surface area contributed by atoms with Crippen LogP contribution in [-0.2, 0) is 19.4 Å². The summed E-state index contributed by atoms with van der Waals surface area (Å²) in [5, 5.41) is 0. The third-order valence-electron chi connectivity index (χ3n) is 2.13. The van der Waals surface area contributed by atoms with Crippen molar-refractivity contribution in [1.29, 1.82) is 0 Å². The first kappa shape index (κ1) is 11.5. The molecule has 0 spiro atoms. The topological polar surface area (TPSA) is 63.7 Å². The minimum absolute atomic E-state index is 0.0521. The molecule has 82 valence electrons. The Morgan fingerprint density at radius 2 is 1.93 bits per heavy atom. The molecule has 0 aromatic carbocycles. The Morgan fingerprint density at radius 3 is 2.43 bits per heavy atom. The van der Waals surface area contributed by atoms with Gasteiger partial charge in [-0.05, 0) is 6.92 Å². The molecule has 1 fully saturated rings. The molecule has 0 N–H and O–H groups in total. The van der Waals surface area contributed by atoms with Gasteiger partial charge in [-0.25, -0.2) is 8.42 Å². The van der Waals surface area contributed by atoms with E-state index in [1.54, 1.807) is 0 Å². The van der Waals surface area contributed by atoms with Crippen LogP contribution in [0.1, 0.15) is 6.92 Å². The first-order valence-corrected chi connectivity index (χ1v) is 6.43. The highest BCUT2D eigenvalue weighted by atomic mass is 32.2. The second kappa shape index (κ2) is 4.75. The molecule has 14 heavy (non-hydrogen) atoms. The number of carbonyl (C=O) groups excluding carboxylic acids is 1. The van der Waals surface area contributed by atoms with Crippen molar-refractivity contribution in [2.75, 3.05) is 37.8 Å². The van der Waals surface area contributed by atoms with E-state index in [9.17, 15) is 13.2 Å². The molecule has 0 aromatic rings. The summed E-state index contributed by atoms with van der Waals surface area (Å²) < 4.78 is 27.1. The fourth-order valence-electron chi connectivity index (χ4n) is 1.24. The van der Waals surface area contributed by atoms with Crippen molar-refractivity contribution in [1.82, 2.24) is 4.90 Å². The summed E-state index contributed by atoms with van der Waals surface area (Å²) in [6.07, 6.45) is 0. The van der Waals surface area contributed by atoms with Crippen LogP contribution in [0.2, 0.25) is 0 Å². The van der Waals surface area contributed by atoms with Gasteiger partial charge in [0.05, 0.1) is 11.5 Å². The zero-order valence-electron chi connectivity index (χ0n) is 8.23. The maximum absolute atomic E-state index is 11.4. The summed E-state index contributed by atoms with van der Waals surface area (Å²) in [4.78, 5) is 12.9. The number of nitrogens with zero attached hydrogens (tertiary/aromatic N) is 1. The number of carbonyl (C=O) groups is 1. The second-order valence-electron chi connectivity index (χ2n) is 3.17. The molecular formula is C8H15NO4S. The van der Waals surface area contributed by atoms with Gasteiger partial charge in [-0.2, -0.15) is 0 Å². The quantitative estimate of drug-likeness (QED) is 0.631. The maximum Gasteiger partial charge on any atom is 0.248 e. The van der Waals surface area contributed by atoms with E-state index < -0.39 is 9.84 Å². The summed E-state index contributed by atoms with van der Waals surface area (Å²) in [6.45, 7) is 2.96. The predicted octanol–water partition coefficient (Wildman–Crippen LogP) is -0.720. The molecule has 1 amide bonds. The van der Waals surface area contributed by atoms with E-state index >= 15 is 0 Å². The van der Waals surface area contributed by atoms with Crippen molar-refractivity contribution in [2.45, 2.75) is 6.92 Å². The molecule has 0 radical (unpaired) electrons. The molecule has 1 aliphatic heterocycles. The fourth-order valence-corrected chi connectivity index (χ4v) is 2.44. The minimum Gasteiger partial charge on any atom is -0.372 e. The number of ether oxygens (including phenoxy) is 1. The molecule has 1 aliphatic rings. The lowest BCUT2D eigenvalue weighted by molar-refractivity contribution is -0.135. The molecule has 0 saturated carbocycles. The highest BCUT2D eigenvalue weighted by Gasteiger charge is 2.24. The van der Waals surface area contributed by atoms with Crippen LogP contribution in [-0.4, -0.2) is 57.0 Å². The highest BCUT2D eigenvalue weighted by Crippen LogP contribution is 2.03. The Hall–Kier alpha value is -0.620. The van der Waals surface area contributed by atoms with Crippen LogP contribution in [0.15, 0.2) is 0 Å². The Kier molecular flexibility index (Phi) is 3.88. The molecule has 0 atom stereocenters. The maximum atomic E-state index is 11.4. The van der Waals surface area contributed by atoms with Crippen molar-refractivity contribution in [3.63, 3.8) is 0 Å². The molecule has 1 heterocycles. The van der Waals surface area contributed by atoms with Gasteiger partial charge in [-0.15, -0.1) is 0 Å². The molecule has 6 heteroatoms. The SMILES string of the molecule is CCOCC(=O)N1CCS(=O)(=O)CC1. The van der Waals surface area contributed by atoms with Crippen LogP contribution in [0, 0.1) is 0 Å². The fraction of sp³-hybridized carbons (Fsp3) is 0.875. The van der Waals surface area contributed by atoms with E-state index in [2.05, 4.69) is 0 Å². The number of sulfone groups is 1. The molecule has 0 unspecified atom stereocenters. The van der Waals surface area contributed by atoms with Gasteiger partial charge in [0.15, 0.2) is 9.84 Å². The van der Waals surface area contributed by atoms with Crippen LogP contribution in [0.25, 0.3) is 0 Å². The molecule has 0 aromatic heterocycles. The predicted molar refractivity (Wildman–Crippen MR) is 51.7 cm³/mol. The zero-order chi connectivity index (χ0) is 10.6. The molecule has 0 aliphatic carbocycles. The van der Waals surface area contributed by atoms with Crippen LogP contribution in [0.4, 0.5) is 0 Å². The van der Waals surface area contributed by atoms with Crippen molar-refractivity contribution < 1.29 is 17.9 Å². The molecule has 1 saturated heterocycles. The van der Waals surface area contributed by atoms with Gasteiger partial charge in [0.25, 0.3) is 0 Å². The molecule has 5 nitrogen and oxygen atoms in total. The lowest BCUT2D eigenvalue weighted by Crippen LogP contribution is -2.45. The minimum atomic E-state index is -2.90. The monoisotopic (exact) mass is 221 g/mol. The van der Waals surface area contributed by atoms with E-state index in [4.69, 9.17) is 4.74 Å². The average molecular weight is 221 g/mol. The number of rotatable bonds is 3. The Balaban J connectivity index is 2.38. The van der Waals surface area contributed by atoms with E-state index in [0.29, 0.717) is 19.7 Å². The van der Waals surface area contributed by atoms with Gasteiger partial charge < -0.3 is 9.64 Å². The van der Waals surface area contributed by atoms with Gasteiger partial charge in [0.2, 0.25) is 5.91 Å². The summed E-state index contributed by atoms with van der Waals surface area (Å²) in [7, 11) is -2.90. The summed E-state index contributed by atoms with van der Waals surface area (Å²) in [6, 6.07) is 0. The first-order chi connectivity index (χ1) is 6.55. The standard InChI is InChI=1S/C8H15NO4S/c1-2-13-7-8(10)9-3-5-14(11,12)6-4-9/h2-7H2,1H3. The lowest BCUT2D eigenvalue weighted by Gasteiger charge is -2.26.